The smallest absolute Gasteiger partial charge is 0.164 e. The number of hydrogen-bond donors (Lipinski definition) is 2. The van der Waals surface area contributed by atoms with Crippen LogP contribution < -0.4 is 4.74 Å². The summed E-state index contributed by atoms with van der Waals surface area (Å²) in [6.07, 6.45) is 1.89. The number of fused-ring (bicyclic) bond motifs is 2. The van der Waals surface area contributed by atoms with E-state index >= 15 is 0 Å². The number of aromatic hydroxyl groups is 1. The van der Waals surface area contributed by atoms with Gasteiger partial charge in [0.1, 0.15) is 11.8 Å². The normalized spacial score (nSPS) is 11.1. The number of benzene rings is 4. The molecule has 0 atom stereocenters. The van der Waals surface area contributed by atoms with Crippen LogP contribution in [-0.2, 0) is 0 Å². The van der Waals surface area contributed by atoms with Crippen molar-refractivity contribution in [1.29, 1.82) is 5.26 Å². The highest BCUT2D eigenvalue weighted by Crippen LogP contribution is 2.44. The molecule has 0 radical (unpaired) electrons. The summed E-state index contributed by atoms with van der Waals surface area (Å²) in [6.45, 7) is 0. The van der Waals surface area contributed by atoms with Crippen LogP contribution in [0.4, 0.5) is 0 Å². The zero-order valence-electron chi connectivity index (χ0n) is 22.0. The van der Waals surface area contributed by atoms with E-state index in [9.17, 15) is 10.4 Å². The van der Waals surface area contributed by atoms with Gasteiger partial charge in [0.2, 0.25) is 0 Å². The van der Waals surface area contributed by atoms with Gasteiger partial charge in [-0.25, -0.2) is 9.67 Å². The third-order valence-corrected chi connectivity index (χ3v) is 7.29. The Morgan fingerprint density at radius 3 is 2.32 bits per heavy atom. The van der Waals surface area contributed by atoms with Gasteiger partial charge in [0, 0.05) is 33.8 Å². The maximum atomic E-state index is 10.8. The number of nitriles is 1. The Labute approximate surface area is 235 Å². The molecule has 0 saturated heterocycles. The number of pyridine rings is 1. The Hall–Kier alpha value is -5.87. The number of H-pyrrole nitrogens is 1. The minimum Gasteiger partial charge on any atom is -0.504 e. The molecule has 4 aromatic carbocycles. The summed E-state index contributed by atoms with van der Waals surface area (Å²) in [4.78, 5) is 8.49. The first kappa shape index (κ1) is 24.2. The lowest BCUT2D eigenvalue weighted by Crippen LogP contribution is -2.01. The fourth-order valence-electron chi connectivity index (χ4n) is 5.40. The molecule has 0 spiro atoms. The Kier molecular flexibility index (Phi) is 5.73. The van der Waals surface area contributed by atoms with Crippen LogP contribution >= 0.6 is 0 Å². The van der Waals surface area contributed by atoms with Crippen molar-refractivity contribution in [3.63, 3.8) is 0 Å². The molecule has 0 saturated carbocycles. The highest BCUT2D eigenvalue weighted by molar-refractivity contribution is 6.09. The molecule has 7 heteroatoms. The fourth-order valence-corrected chi connectivity index (χ4v) is 5.40. The second kappa shape index (κ2) is 9.70. The molecule has 41 heavy (non-hydrogen) atoms. The highest BCUT2D eigenvalue weighted by atomic mass is 16.5. The Bertz CT molecular complexity index is 2110. The van der Waals surface area contributed by atoms with E-state index in [0.29, 0.717) is 44.9 Å². The van der Waals surface area contributed by atoms with Crippen molar-refractivity contribution in [2.24, 2.45) is 0 Å². The van der Waals surface area contributed by atoms with Gasteiger partial charge in [-0.1, -0.05) is 72.8 Å². The van der Waals surface area contributed by atoms with Crippen LogP contribution in [-0.4, -0.2) is 32.0 Å². The quantitative estimate of drug-likeness (QED) is 0.239. The number of nitrogens with zero attached hydrogens (tertiary/aromatic N) is 4. The van der Waals surface area contributed by atoms with Crippen molar-refractivity contribution in [2.75, 3.05) is 7.11 Å². The zero-order chi connectivity index (χ0) is 27.9. The summed E-state index contributed by atoms with van der Waals surface area (Å²) in [5.74, 6) is 0.321. The molecule has 0 aliphatic rings. The summed E-state index contributed by atoms with van der Waals surface area (Å²) in [5, 5.41) is 28.3. The number of para-hydroxylation sites is 2. The van der Waals surface area contributed by atoms with Gasteiger partial charge in [0.05, 0.1) is 29.4 Å². The third-order valence-electron chi connectivity index (χ3n) is 7.29. The van der Waals surface area contributed by atoms with E-state index in [-0.39, 0.29) is 5.75 Å². The number of phenols is 1. The number of ether oxygens (including phenoxy) is 1. The lowest BCUT2D eigenvalue weighted by Gasteiger charge is -2.14. The van der Waals surface area contributed by atoms with Crippen molar-refractivity contribution in [1.82, 2.24) is 19.7 Å². The van der Waals surface area contributed by atoms with Gasteiger partial charge in [0.15, 0.2) is 17.1 Å². The number of hydrogen-bond acceptors (Lipinski definition) is 5. The second-order valence-corrected chi connectivity index (χ2v) is 9.62. The molecule has 3 heterocycles. The molecular formula is C34H23N5O2. The van der Waals surface area contributed by atoms with Crippen LogP contribution in [0.25, 0.3) is 61.3 Å². The number of methoxy groups -OCH3 is 1. The maximum Gasteiger partial charge on any atom is 0.164 e. The summed E-state index contributed by atoms with van der Waals surface area (Å²) >= 11 is 0. The van der Waals surface area contributed by atoms with Crippen LogP contribution in [0.3, 0.4) is 0 Å². The minimum atomic E-state index is -0.0239. The molecule has 0 bridgehead atoms. The number of nitrogens with one attached hydrogen (secondary N) is 1. The highest BCUT2D eigenvalue weighted by Gasteiger charge is 2.27. The zero-order valence-corrected chi connectivity index (χ0v) is 22.0. The first-order valence-corrected chi connectivity index (χ1v) is 13.1. The van der Waals surface area contributed by atoms with Gasteiger partial charge in [-0.3, -0.25) is 0 Å². The molecule has 196 valence electrons. The van der Waals surface area contributed by atoms with Crippen LogP contribution in [0, 0.1) is 11.3 Å². The van der Waals surface area contributed by atoms with Crippen molar-refractivity contribution in [3.8, 4) is 56.9 Å². The predicted molar refractivity (Wildman–Crippen MR) is 160 cm³/mol. The first-order valence-electron chi connectivity index (χ1n) is 13.1. The van der Waals surface area contributed by atoms with Crippen LogP contribution in [0.5, 0.6) is 11.5 Å². The van der Waals surface area contributed by atoms with Crippen molar-refractivity contribution < 1.29 is 9.84 Å². The monoisotopic (exact) mass is 533 g/mol. The molecule has 3 aromatic heterocycles. The van der Waals surface area contributed by atoms with Gasteiger partial charge in [0.25, 0.3) is 0 Å². The van der Waals surface area contributed by atoms with Crippen molar-refractivity contribution >= 4 is 21.9 Å². The van der Waals surface area contributed by atoms with E-state index in [1.807, 2.05) is 102 Å². The molecule has 7 aromatic rings. The lowest BCUT2D eigenvalue weighted by molar-refractivity contribution is 0.373. The topological polar surface area (TPSA) is 99.8 Å². The van der Waals surface area contributed by atoms with E-state index < -0.39 is 0 Å². The summed E-state index contributed by atoms with van der Waals surface area (Å²) in [7, 11) is 1.51. The SMILES string of the molecule is COc1ccc(-c2c(C#N)c(-c3c[nH]c4ccccc34)nc3c2c(-c2ccccc2)nn3-c2ccccc2)cc1O. The molecule has 7 nitrogen and oxygen atoms in total. The van der Waals surface area contributed by atoms with Crippen LogP contribution in [0.2, 0.25) is 0 Å². The predicted octanol–water partition coefficient (Wildman–Crippen LogP) is 7.49. The van der Waals surface area contributed by atoms with Crippen LogP contribution in [0.15, 0.2) is 109 Å². The van der Waals surface area contributed by atoms with Gasteiger partial charge >= 0.3 is 0 Å². The molecule has 0 amide bonds. The van der Waals surface area contributed by atoms with E-state index in [0.717, 1.165) is 27.7 Å². The summed E-state index contributed by atoms with van der Waals surface area (Å²) in [6, 6.07) is 35.3. The molecule has 2 N–H and O–H groups in total. The van der Waals surface area contributed by atoms with Crippen molar-refractivity contribution in [3.05, 3.63) is 115 Å². The summed E-state index contributed by atoms with van der Waals surface area (Å²) < 4.78 is 7.14. The maximum absolute atomic E-state index is 10.8. The average Bonchev–Trinajstić information content (AvgIpc) is 3.63. The van der Waals surface area contributed by atoms with E-state index in [4.69, 9.17) is 14.8 Å². The molecule has 7 rings (SSSR count). The first-order chi connectivity index (χ1) is 20.2. The lowest BCUT2D eigenvalue weighted by atomic mass is 9.91. The molecule has 0 fully saturated rings. The fraction of sp³-hybridized carbons (Fsp3) is 0.0294. The van der Waals surface area contributed by atoms with E-state index in [2.05, 4.69) is 11.1 Å². The number of rotatable bonds is 5. The third kappa shape index (κ3) is 3.89. The average molecular weight is 534 g/mol. The number of phenolic OH excluding ortho intramolecular Hbond substituents is 1. The molecule has 0 aliphatic heterocycles. The standard InChI is InChI=1S/C34H23N5O2/c1-41-29-17-16-22(18-28(29)40)30-25(19-35)33(26-20-36-27-15-9-8-14-24(26)27)37-34-31(30)32(21-10-4-2-5-11-21)38-39(34)23-12-6-3-7-13-23/h2-18,20,36,40H,1H3. The van der Waals surface area contributed by atoms with E-state index in [1.165, 1.54) is 7.11 Å². The number of aromatic nitrogens is 4. The Balaban J connectivity index is 1.68. The minimum absolute atomic E-state index is 0.0239. The van der Waals surface area contributed by atoms with Gasteiger partial charge in [-0.15, -0.1) is 0 Å². The van der Waals surface area contributed by atoms with Crippen LogP contribution in [0.1, 0.15) is 5.56 Å². The Morgan fingerprint density at radius 2 is 1.59 bits per heavy atom. The van der Waals surface area contributed by atoms with Gasteiger partial charge < -0.3 is 14.8 Å². The summed E-state index contributed by atoms with van der Waals surface area (Å²) in [5.41, 5.74) is 6.95. The molecule has 0 unspecified atom stereocenters. The second-order valence-electron chi connectivity index (χ2n) is 9.62. The van der Waals surface area contributed by atoms with E-state index in [1.54, 1.807) is 12.1 Å². The van der Waals surface area contributed by atoms with Crippen molar-refractivity contribution in [2.45, 2.75) is 0 Å². The number of aromatic amines is 1. The van der Waals surface area contributed by atoms with Gasteiger partial charge in [-0.05, 0) is 35.9 Å². The van der Waals surface area contributed by atoms with Gasteiger partial charge in [-0.2, -0.15) is 10.4 Å². The molecule has 0 aliphatic carbocycles. The molecular weight excluding hydrogens is 510 g/mol. The Morgan fingerprint density at radius 1 is 0.854 bits per heavy atom. The largest absolute Gasteiger partial charge is 0.504 e.